The van der Waals surface area contributed by atoms with Crippen LogP contribution in [0.2, 0.25) is 0 Å². The highest BCUT2D eigenvalue weighted by molar-refractivity contribution is 7.89. The van der Waals surface area contributed by atoms with Crippen molar-refractivity contribution in [1.82, 2.24) is 4.31 Å². The second-order valence-electron chi connectivity index (χ2n) is 7.61. The molecule has 8 nitrogen and oxygen atoms in total. The number of anilines is 1. The van der Waals surface area contributed by atoms with Crippen molar-refractivity contribution in [3.8, 4) is 11.3 Å². The van der Waals surface area contributed by atoms with E-state index in [4.69, 9.17) is 9.15 Å². The molecule has 1 aromatic heterocycles. The van der Waals surface area contributed by atoms with E-state index in [0.29, 0.717) is 29.2 Å². The number of nitrogens with zero attached hydrogens (tertiary/aromatic N) is 1. The molecule has 2 aromatic carbocycles. The molecule has 0 saturated carbocycles. The molecule has 0 aliphatic heterocycles. The number of hydrogen-bond donors (Lipinski definition) is 1. The average molecular weight is 471 g/mol. The Morgan fingerprint density at radius 3 is 2.45 bits per heavy atom. The average Bonchev–Trinajstić information content (AvgIpc) is 3.27. The molecule has 0 aliphatic rings. The van der Waals surface area contributed by atoms with Crippen LogP contribution in [0.3, 0.4) is 0 Å². The largest absolute Gasteiger partial charge is 0.461 e. The van der Waals surface area contributed by atoms with Crippen LogP contribution in [0.1, 0.15) is 17.7 Å². The minimum atomic E-state index is -3.65. The standard InChI is InChI=1S/C24H26N2O6S/c1-17-9-10-19(15-22(17)33(29,30)26(2)3)25-23(27)16-31-24(28)14-12-20-11-13-21(32-20)18-7-5-4-6-8-18/h4-11,13,15H,12,14,16H2,1-3H3,(H,25,27). The zero-order valence-corrected chi connectivity index (χ0v) is 19.5. The summed E-state index contributed by atoms with van der Waals surface area (Å²) in [6.45, 7) is 1.20. The fourth-order valence-corrected chi connectivity index (χ4v) is 4.21. The molecular formula is C24H26N2O6S. The number of amides is 1. The first-order chi connectivity index (χ1) is 15.7. The molecule has 1 amide bonds. The third kappa shape index (κ3) is 6.30. The fraction of sp³-hybridized carbons (Fsp3) is 0.250. The second kappa shape index (κ2) is 10.5. The SMILES string of the molecule is Cc1ccc(NC(=O)COC(=O)CCc2ccc(-c3ccccc3)o2)cc1S(=O)(=O)N(C)C. The van der Waals surface area contributed by atoms with E-state index in [1.54, 1.807) is 25.1 Å². The van der Waals surface area contributed by atoms with Crippen molar-refractivity contribution >= 4 is 27.6 Å². The van der Waals surface area contributed by atoms with E-state index in [2.05, 4.69) is 5.32 Å². The van der Waals surface area contributed by atoms with Gasteiger partial charge < -0.3 is 14.5 Å². The van der Waals surface area contributed by atoms with Gasteiger partial charge in [0, 0.05) is 31.8 Å². The third-order valence-electron chi connectivity index (χ3n) is 4.89. The van der Waals surface area contributed by atoms with Crippen LogP contribution in [0.4, 0.5) is 5.69 Å². The number of esters is 1. The molecule has 33 heavy (non-hydrogen) atoms. The number of ether oxygens (including phenoxy) is 1. The van der Waals surface area contributed by atoms with Crippen LogP contribution < -0.4 is 5.32 Å². The summed E-state index contributed by atoms with van der Waals surface area (Å²) in [5.74, 6) is 0.254. The molecule has 0 unspecified atom stereocenters. The molecule has 3 rings (SSSR count). The van der Waals surface area contributed by atoms with Crippen LogP contribution >= 0.6 is 0 Å². The highest BCUT2D eigenvalue weighted by Crippen LogP contribution is 2.23. The number of aryl methyl sites for hydroxylation is 2. The van der Waals surface area contributed by atoms with Gasteiger partial charge in [-0.15, -0.1) is 0 Å². The van der Waals surface area contributed by atoms with Gasteiger partial charge in [-0.25, -0.2) is 12.7 Å². The maximum absolute atomic E-state index is 12.4. The monoisotopic (exact) mass is 470 g/mol. The summed E-state index contributed by atoms with van der Waals surface area (Å²) in [5, 5.41) is 2.55. The van der Waals surface area contributed by atoms with Crippen LogP contribution in [0.15, 0.2) is 70.0 Å². The van der Waals surface area contributed by atoms with Gasteiger partial charge in [0.1, 0.15) is 11.5 Å². The van der Waals surface area contributed by atoms with Crippen molar-refractivity contribution < 1.29 is 27.2 Å². The Bertz CT molecular complexity index is 1230. The smallest absolute Gasteiger partial charge is 0.306 e. The number of benzene rings is 2. The van der Waals surface area contributed by atoms with Crippen LogP contribution in [0.5, 0.6) is 0 Å². The van der Waals surface area contributed by atoms with Crippen LogP contribution in [-0.4, -0.2) is 45.3 Å². The van der Waals surface area contributed by atoms with Gasteiger partial charge in [-0.1, -0.05) is 36.4 Å². The quantitative estimate of drug-likeness (QED) is 0.479. The van der Waals surface area contributed by atoms with Gasteiger partial charge in [0.05, 0.1) is 11.3 Å². The second-order valence-corrected chi connectivity index (χ2v) is 9.73. The molecule has 0 spiro atoms. The van der Waals surface area contributed by atoms with E-state index in [-0.39, 0.29) is 11.3 Å². The first-order valence-corrected chi connectivity index (χ1v) is 11.7. The maximum atomic E-state index is 12.4. The van der Waals surface area contributed by atoms with E-state index < -0.39 is 28.5 Å². The molecule has 9 heteroatoms. The lowest BCUT2D eigenvalue weighted by Gasteiger charge is -2.15. The van der Waals surface area contributed by atoms with Crippen LogP contribution in [0.25, 0.3) is 11.3 Å². The number of carbonyl (C=O) groups is 2. The lowest BCUT2D eigenvalue weighted by atomic mass is 10.2. The number of furan rings is 1. The minimum Gasteiger partial charge on any atom is -0.461 e. The summed E-state index contributed by atoms with van der Waals surface area (Å²) in [7, 11) is -0.783. The summed E-state index contributed by atoms with van der Waals surface area (Å²) in [6.07, 6.45) is 0.405. The lowest BCUT2D eigenvalue weighted by molar-refractivity contribution is -0.147. The summed E-state index contributed by atoms with van der Waals surface area (Å²) in [4.78, 5) is 24.3. The van der Waals surface area contributed by atoms with E-state index >= 15 is 0 Å². The maximum Gasteiger partial charge on any atom is 0.306 e. The number of hydrogen-bond acceptors (Lipinski definition) is 6. The summed E-state index contributed by atoms with van der Waals surface area (Å²) in [6, 6.07) is 17.8. The van der Waals surface area contributed by atoms with Crippen molar-refractivity contribution in [3.63, 3.8) is 0 Å². The van der Waals surface area contributed by atoms with E-state index in [0.717, 1.165) is 9.87 Å². The van der Waals surface area contributed by atoms with Crippen LogP contribution in [0, 0.1) is 6.92 Å². The molecule has 0 fully saturated rings. The first kappa shape index (κ1) is 24.2. The Morgan fingerprint density at radius 2 is 1.76 bits per heavy atom. The summed E-state index contributed by atoms with van der Waals surface area (Å²) < 4.78 is 36.7. The molecule has 0 bridgehead atoms. The van der Waals surface area contributed by atoms with Gasteiger partial charge in [-0.3, -0.25) is 9.59 Å². The van der Waals surface area contributed by atoms with Crippen molar-refractivity contribution in [2.24, 2.45) is 0 Å². The molecule has 174 valence electrons. The summed E-state index contributed by atoms with van der Waals surface area (Å²) in [5.41, 5.74) is 1.80. The van der Waals surface area contributed by atoms with E-state index in [1.165, 1.54) is 20.2 Å². The fourth-order valence-electron chi connectivity index (χ4n) is 3.06. The number of nitrogens with one attached hydrogen (secondary N) is 1. The van der Waals surface area contributed by atoms with E-state index in [9.17, 15) is 18.0 Å². The normalized spacial score (nSPS) is 11.4. The van der Waals surface area contributed by atoms with E-state index in [1.807, 2.05) is 36.4 Å². The zero-order valence-electron chi connectivity index (χ0n) is 18.7. The third-order valence-corrected chi connectivity index (χ3v) is 6.85. The Balaban J connectivity index is 1.49. The Labute approximate surface area is 193 Å². The molecule has 0 saturated heterocycles. The zero-order chi connectivity index (χ0) is 24.0. The number of rotatable bonds is 9. The van der Waals surface area contributed by atoms with Gasteiger partial charge in [-0.2, -0.15) is 0 Å². The van der Waals surface area contributed by atoms with Gasteiger partial charge in [-0.05, 0) is 36.8 Å². The Kier molecular flexibility index (Phi) is 7.67. The van der Waals surface area contributed by atoms with Gasteiger partial charge in [0.25, 0.3) is 5.91 Å². The molecule has 0 atom stereocenters. The topological polar surface area (TPSA) is 106 Å². The highest BCUT2D eigenvalue weighted by atomic mass is 32.2. The highest BCUT2D eigenvalue weighted by Gasteiger charge is 2.20. The minimum absolute atomic E-state index is 0.0603. The molecule has 0 aliphatic carbocycles. The van der Waals surface area contributed by atoms with Gasteiger partial charge >= 0.3 is 5.97 Å². The molecule has 1 N–H and O–H groups in total. The van der Waals surface area contributed by atoms with Crippen molar-refractivity contribution in [2.45, 2.75) is 24.7 Å². The Morgan fingerprint density at radius 1 is 1.03 bits per heavy atom. The number of carbonyl (C=O) groups excluding carboxylic acids is 2. The van der Waals surface area contributed by atoms with Crippen molar-refractivity contribution in [3.05, 3.63) is 72.0 Å². The molecular weight excluding hydrogens is 444 g/mol. The molecule has 1 heterocycles. The molecule has 3 aromatic rings. The van der Waals surface area contributed by atoms with Gasteiger partial charge in [0.15, 0.2) is 6.61 Å². The lowest BCUT2D eigenvalue weighted by Crippen LogP contribution is -2.24. The van der Waals surface area contributed by atoms with Crippen molar-refractivity contribution in [2.75, 3.05) is 26.0 Å². The predicted octanol–water partition coefficient (Wildman–Crippen LogP) is 3.62. The predicted molar refractivity (Wildman–Crippen MR) is 124 cm³/mol. The Hall–Kier alpha value is -3.43. The van der Waals surface area contributed by atoms with Gasteiger partial charge in [0.2, 0.25) is 10.0 Å². The number of sulfonamides is 1. The summed E-state index contributed by atoms with van der Waals surface area (Å²) >= 11 is 0. The molecule has 0 radical (unpaired) electrons. The first-order valence-electron chi connectivity index (χ1n) is 10.3. The van der Waals surface area contributed by atoms with Crippen LogP contribution in [-0.2, 0) is 30.8 Å². The van der Waals surface area contributed by atoms with Crippen molar-refractivity contribution in [1.29, 1.82) is 0 Å².